The third-order valence-corrected chi connectivity index (χ3v) is 3.34. The highest BCUT2D eigenvalue weighted by atomic mass is 35.5. The summed E-state index contributed by atoms with van der Waals surface area (Å²) in [4.78, 5) is 14.2. The second kappa shape index (κ2) is 7.36. The van der Waals surface area contributed by atoms with Gasteiger partial charge in [0.05, 0.1) is 14.2 Å². The predicted octanol–water partition coefficient (Wildman–Crippen LogP) is 1.69. The number of benzene rings is 1. The molecule has 0 spiro atoms. The van der Waals surface area contributed by atoms with Crippen LogP contribution in [0.25, 0.3) is 0 Å². The Labute approximate surface area is 125 Å². The van der Waals surface area contributed by atoms with Crippen molar-refractivity contribution in [3.8, 4) is 11.5 Å². The highest BCUT2D eigenvalue weighted by Gasteiger charge is 2.23. The van der Waals surface area contributed by atoms with Crippen molar-refractivity contribution >= 4 is 18.3 Å². The Hall–Kier alpha value is -1.46. The second-order valence-electron chi connectivity index (χ2n) is 4.75. The summed E-state index contributed by atoms with van der Waals surface area (Å²) >= 11 is 0. The van der Waals surface area contributed by atoms with Gasteiger partial charge in [-0.25, -0.2) is 0 Å². The Kier molecular flexibility index (Phi) is 6.10. The lowest BCUT2D eigenvalue weighted by atomic mass is 10.1. The minimum atomic E-state index is -0.0210. The van der Waals surface area contributed by atoms with E-state index in [1.807, 2.05) is 0 Å². The average molecular weight is 301 g/mol. The van der Waals surface area contributed by atoms with Crippen LogP contribution >= 0.6 is 12.4 Å². The Morgan fingerprint density at radius 3 is 2.35 bits per heavy atom. The maximum absolute atomic E-state index is 12.4. The smallest absolute Gasteiger partial charge is 0.254 e. The molecule has 1 fully saturated rings. The van der Waals surface area contributed by atoms with Gasteiger partial charge in [-0.3, -0.25) is 4.79 Å². The minimum absolute atomic E-state index is 0. The molecule has 1 aromatic rings. The van der Waals surface area contributed by atoms with E-state index >= 15 is 0 Å². The number of likely N-dealkylation sites (tertiary alicyclic amines) is 1. The topological polar surface area (TPSA) is 64.8 Å². The van der Waals surface area contributed by atoms with E-state index in [-0.39, 0.29) is 24.4 Å². The highest BCUT2D eigenvalue weighted by molar-refractivity contribution is 5.95. The molecule has 0 bridgehead atoms. The van der Waals surface area contributed by atoms with Gasteiger partial charge in [0.25, 0.3) is 5.91 Å². The lowest BCUT2D eigenvalue weighted by Crippen LogP contribution is -2.45. The molecular weight excluding hydrogens is 280 g/mol. The quantitative estimate of drug-likeness (QED) is 0.922. The van der Waals surface area contributed by atoms with Crippen LogP contribution in [0.4, 0.5) is 0 Å². The van der Waals surface area contributed by atoms with Gasteiger partial charge >= 0.3 is 0 Å². The summed E-state index contributed by atoms with van der Waals surface area (Å²) in [7, 11) is 3.14. The van der Waals surface area contributed by atoms with E-state index in [0.717, 1.165) is 19.4 Å². The van der Waals surface area contributed by atoms with E-state index in [4.69, 9.17) is 15.2 Å². The molecule has 1 aliphatic rings. The number of amides is 1. The number of rotatable bonds is 3. The molecule has 0 aliphatic carbocycles. The van der Waals surface area contributed by atoms with E-state index in [1.54, 1.807) is 37.3 Å². The van der Waals surface area contributed by atoms with E-state index in [2.05, 4.69) is 0 Å². The molecule has 0 saturated carbocycles. The molecule has 0 aromatic heterocycles. The maximum Gasteiger partial charge on any atom is 0.254 e. The Morgan fingerprint density at radius 1 is 1.25 bits per heavy atom. The Morgan fingerprint density at radius 2 is 1.85 bits per heavy atom. The van der Waals surface area contributed by atoms with Crippen molar-refractivity contribution in [3.05, 3.63) is 23.8 Å². The van der Waals surface area contributed by atoms with Gasteiger partial charge in [0.15, 0.2) is 0 Å². The Balaban J connectivity index is 0.00000200. The number of hydrogen-bond donors (Lipinski definition) is 1. The van der Waals surface area contributed by atoms with Crippen LogP contribution < -0.4 is 15.2 Å². The van der Waals surface area contributed by atoms with Crippen molar-refractivity contribution < 1.29 is 14.3 Å². The first kappa shape index (κ1) is 16.6. The van der Waals surface area contributed by atoms with Crippen molar-refractivity contribution in [1.29, 1.82) is 0 Å². The minimum Gasteiger partial charge on any atom is -0.497 e. The van der Waals surface area contributed by atoms with Crippen molar-refractivity contribution in [1.82, 2.24) is 4.90 Å². The van der Waals surface area contributed by atoms with Crippen molar-refractivity contribution in [3.63, 3.8) is 0 Å². The molecule has 6 heteroatoms. The van der Waals surface area contributed by atoms with Gasteiger partial charge < -0.3 is 20.1 Å². The number of nitrogens with two attached hydrogens (primary N) is 1. The van der Waals surface area contributed by atoms with E-state index in [9.17, 15) is 4.79 Å². The average Bonchev–Trinajstić information content (AvgIpc) is 2.45. The standard InChI is InChI=1S/C14H20N2O3.ClH/c1-18-12-6-10(7-13(8-12)19-2)14(17)16-5-3-4-11(15)9-16;/h6-8,11H,3-5,9,15H2,1-2H3;1H. The summed E-state index contributed by atoms with van der Waals surface area (Å²) in [6, 6.07) is 5.28. The molecule has 20 heavy (non-hydrogen) atoms. The lowest BCUT2D eigenvalue weighted by molar-refractivity contribution is 0.0708. The fraction of sp³-hybridized carbons (Fsp3) is 0.500. The molecular formula is C14H21ClN2O3. The summed E-state index contributed by atoms with van der Waals surface area (Å²) in [5, 5.41) is 0. The molecule has 1 aliphatic heterocycles. The van der Waals surface area contributed by atoms with Crippen molar-refractivity contribution in [2.75, 3.05) is 27.3 Å². The Bertz CT molecular complexity index is 445. The fourth-order valence-electron chi connectivity index (χ4n) is 2.31. The molecule has 2 N–H and O–H groups in total. The molecule has 1 aromatic carbocycles. The molecule has 2 rings (SSSR count). The first-order valence-electron chi connectivity index (χ1n) is 6.42. The van der Waals surface area contributed by atoms with Gasteiger partial charge in [-0.05, 0) is 25.0 Å². The van der Waals surface area contributed by atoms with E-state index in [0.29, 0.717) is 23.6 Å². The monoisotopic (exact) mass is 300 g/mol. The van der Waals surface area contributed by atoms with Crippen LogP contribution in [0.5, 0.6) is 11.5 Å². The molecule has 1 saturated heterocycles. The van der Waals surface area contributed by atoms with Crippen LogP contribution in [0.3, 0.4) is 0 Å². The zero-order valence-corrected chi connectivity index (χ0v) is 12.6. The van der Waals surface area contributed by atoms with E-state index < -0.39 is 0 Å². The molecule has 1 atom stereocenters. The van der Waals surface area contributed by atoms with Gasteiger partial charge in [-0.15, -0.1) is 12.4 Å². The van der Waals surface area contributed by atoms with Crippen LogP contribution in [-0.4, -0.2) is 44.2 Å². The second-order valence-corrected chi connectivity index (χ2v) is 4.75. The lowest BCUT2D eigenvalue weighted by Gasteiger charge is -2.31. The maximum atomic E-state index is 12.4. The zero-order chi connectivity index (χ0) is 13.8. The number of ether oxygens (including phenoxy) is 2. The molecule has 1 heterocycles. The van der Waals surface area contributed by atoms with Gasteiger partial charge in [-0.1, -0.05) is 0 Å². The number of carbonyl (C=O) groups is 1. The van der Waals surface area contributed by atoms with Gasteiger partial charge in [0.1, 0.15) is 11.5 Å². The summed E-state index contributed by atoms with van der Waals surface area (Å²) in [6.45, 7) is 1.37. The molecule has 112 valence electrons. The van der Waals surface area contributed by atoms with Gasteiger partial charge in [0.2, 0.25) is 0 Å². The van der Waals surface area contributed by atoms with Gasteiger partial charge in [-0.2, -0.15) is 0 Å². The third-order valence-electron chi connectivity index (χ3n) is 3.34. The SMILES string of the molecule is COc1cc(OC)cc(C(=O)N2CCCC(N)C2)c1.Cl. The fourth-order valence-corrected chi connectivity index (χ4v) is 2.31. The molecule has 1 amide bonds. The first-order valence-corrected chi connectivity index (χ1v) is 6.42. The van der Waals surface area contributed by atoms with Crippen LogP contribution in [0, 0.1) is 0 Å². The van der Waals surface area contributed by atoms with Crippen molar-refractivity contribution in [2.45, 2.75) is 18.9 Å². The highest BCUT2D eigenvalue weighted by Crippen LogP contribution is 2.24. The van der Waals surface area contributed by atoms with Crippen LogP contribution in [-0.2, 0) is 0 Å². The number of halogens is 1. The van der Waals surface area contributed by atoms with Gasteiger partial charge in [0, 0.05) is 30.8 Å². The largest absolute Gasteiger partial charge is 0.497 e. The number of hydrogen-bond acceptors (Lipinski definition) is 4. The predicted molar refractivity (Wildman–Crippen MR) is 79.9 cm³/mol. The zero-order valence-electron chi connectivity index (χ0n) is 11.8. The molecule has 5 nitrogen and oxygen atoms in total. The van der Waals surface area contributed by atoms with Crippen LogP contribution in [0.15, 0.2) is 18.2 Å². The number of piperidine rings is 1. The summed E-state index contributed by atoms with van der Waals surface area (Å²) < 4.78 is 10.4. The van der Waals surface area contributed by atoms with Crippen LogP contribution in [0.2, 0.25) is 0 Å². The number of nitrogens with zero attached hydrogens (tertiary/aromatic N) is 1. The molecule has 0 radical (unpaired) electrons. The summed E-state index contributed by atoms with van der Waals surface area (Å²) in [5.74, 6) is 1.21. The van der Waals surface area contributed by atoms with Crippen molar-refractivity contribution in [2.24, 2.45) is 5.73 Å². The summed E-state index contributed by atoms with van der Waals surface area (Å²) in [6.07, 6.45) is 1.93. The van der Waals surface area contributed by atoms with E-state index in [1.165, 1.54) is 0 Å². The molecule has 1 unspecified atom stereocenters. The normalized spacial score (nSPS) is 18.1. The summed E-state index contributed by atoms with van der Waals surface area (Å²) in [5.41, 5.74) is 6.48. The third kappa shape index (κ3) is 3.77. The first-order chi connectivity index (χ1) is 9.13. The number of carbonyl (C=O) groups excluding carboxylic acids is 1. The van der Waals surface area contributed by atoms with Crippen LogP contribution in [0.1, 0.15) is 23.2 Å². The number of methoxy groups -OCH3 is 2.